The van der Waals surface area contributed by atoms with E-state index in [1.807, 2.05) is 44.2 Å². The van der Waals surface area contributed by atoms with Crippen molar-refractivity contribution in [1.82, 2.24) is 14.3 Å². The van der Waals surface area contributed by atoms with Crippen LogP contribution in [-0.4, -0.2) is 88.4 Å². The number of carbonyl (C=O) groups is 1. The van der Waals surface area contributed by atoms with Gasteiger partial charge in [0.1, 0.15) is 11.7 Å². The molecule has 0 bridgehead atoms. The average Bonchev–Trinajstić information content (AvgIpc) is 3.77. The highest BCUT2D eigenvalue weighted by Gasteiger charge is 2.44. The third-order valence-electron chi connectivity index (χ3n) is 8.62. The van der Waals surface area contributed by atoms with Crippen molar-refractivity contribution in [2.75, 3.05) is 26.3 Å². The van der Waals surface area contributed by atoms with Crippen LogP contribution in [0.4, 0.5) is 4.79 Å². The molecule has 15 heteroatoms. The molecule has 0 saturated carbocycles. The molecule has 5 rings (SSSR count). The second kappa shape index (κ2) is 15.2. The summed E-state index contributed by atoms with van der Waals surface area (Å²) in [6, 6.07) is 12.8. The Morgan fingerprint density at radius 3 is 2.50 bits per heavy atom. The Balaban J connectivity index is 1.36. The van der Waals surface area contributed by atoms with Crippen LogP contribution in [-0.2, 0) is 47.2 Å². The van der Waals surface area contributed by atoms with E-state index in [1.165, 1.54) is 28.8 Å². The number of amides is 1. The predicted molar refractivity (Wildman–Crippen MR) is 178 cm³/mol. The largest absolute Gasteiger partial charge is 0.464 e. The topological polar surface area (TPSA) is 174 Å². The number of fused-ring (bicyclic) bond motifs is 2. The molecule has 2 fully saturated rings. The maximum absolute atomic E-state index is 14.2. The molecule has 0 aliphatic carbocycles. The molecule has 1 amide bonds. The van der Waals surface area contributed by atoms with E-state index in [-0.39, 0.29) is 49.4 Å². The van der Waals surface area contributed by atoms with Gasteiger partial charge in [0.25, 0.3) is 0 Å². The van der Waals surface area contributed by atoms with Gasteiger partial charge < -0.3 is 29.1 Å². The molecule has 3 aromatic rings. The van der Waals surface area contributed by atoms with E-state index in [4.69, 9.17) is 18.6 Å². The van der Waals surface area contributed by atoms with Gasteiger partial charge in [-0.05, 0) is 56.4 Å². The summed E-state index contributed by atoms with van der Waals surface area (Å²) in [5.41, 5.74) is 1.71. The van der Waals surface area contributed by atoms with Crippen molar-refractivity contribution in [2.24, 2.45) is 11.8 Å². The van der Waals surface area contributed by atoms with Gasteiger partial charge in [-0.25, -0.2) is 26.4 Å². The number of furan rings is 1. The monoisotopic (exact) mass is 707 g/mol. The smallest absolute Gasteiger partial charge is 0.407 e. The lowest BCUT2D eigenvalue weighted by atomic mass is 10.0. The summed E-state index contributed by atoms with van der Waals surface area (Å²) in [7, 11) is -7.75. The number of ether oxygens (including phenoxy) is 3. The lowest BCUT2D eigenvalue weighted by Crippen LogP contribution is -2.51. The summed E-state index contributed by atoms with van der Waals surface area (Å²) in [5.74, 6) is -0.163. The first-order chi connectivity index (χ1) is 22.7. The van der Waals surface area contributed by atoms with E-state index in [9.17, 15) is 26.7 Å². The predicted octanol–water partition coefficient (Wildman–Crippen LogP) is 3.37. The van der Waals surface area contributed by atoms with Crippen LogP contribution in [0.5, 0.6) is 0 Å². The van der Waals surface area contributed by atoms with Crippen LogP contribution >= 0.6 is 0 Å². The molecule has 1 aromatic heterocycles. The number of sulfonamides is 2. The van der Waals surface area contributed by atoms with Crippen molar-refractivity contribution in [3.05, 3.63) is 65.9 Å². The highest BCUT2D eigenvalue weighted by atomic mass is 32.2. The van der Waals surface area contributed by atoms with Crippen LogP contribution in [0.25, 0.3) is 11.0 Å². The SMILES string of the molecule is CC(C)CN(C[C@@H](O)[C@H](Cc1ccccc1)NC(=O)OC1CO[C@H]2OCC[C@@H]12)S(=O)(=O)c1ccc2occ(CNS(=O)(=O)C(C)C)c2c1. The normalized spacial score (nSPS) is 21.2. The second-order valence-corrected chi connectivity index (χ2v) is 17.3. The third-order valence-corrected chi connectivity index (χ3v) is 12.2. The fraction of sp³-hybridized carbons (Fsp3) is 0.545. The number of alkyl carbamates (subject to hydrolysis) is 1. The van der Waals surface area contributed by atoms with Crippen molar-refractivity contribution in [1.29, 1.82) is 0 Å². The van der Waals surface area contributed by atoms with Crippen molar-refractivity contribution >= 4 is 37.1 Å². The maximum Gasteiger partial charge on any atom is 0.407 e. The Kier molecular flexibility index (Phi) is 11.5. The van der Waals surface area contributed by atoms with Crippen molar-refractivity contribution < 1.29 is 45.4 Å². The Hall–Kier alpha value is -3.05. The molecule has 3 N–H and O–H groups in total. The molecule has 0 radical (unpaired) electrons. The van der Waals surface area contributed by atoms with Gasteiger partial charge in [0.15, 0.2) is 6.29 Å². The van der Waals surface area contributed by atoms with Gasteiger partial charge in [-0.2, -0.15) is 4.31 Å². The van der Waals surface area contributed by atoms with Crippen LogP contribution in [0.3, 0.4) is 0 Å². The van der Waals surface area contributed by atoms with Crippen molar-refractivity contribution in [3.63, 3.8) is 0 Å². The number of nitrogens with zero attached hydrogens (tertiary/aromatic N) is 1. The average molecular weight is 708 g/mol. The Labute approximate surface area is 282 Å². The maximum atomic E-state index is 14.2. The highest BCUT2D eigenvalue weighted by Crippen LogP contribution is 2.33. The summed E-state index contributed by atoms with van der Waals surface area (Å²) < 4.78 is 79.1. The van der Waals surface area contributed by atoms with Gasteiger partial charge in [0.2, 0.25) is 20.0 Å². The molecule has 264 valence electrons. The number of hydrogen-bond acceptors (Lipinski definition) is 10. The summed E-state index contributed by atoms with van der Waals surface area (Å²) in [6.45, 7) is 7.30. The zero-order chi connectivity index (χ0) is 34.6. The minimum atomic E-state index is -4.18. The molecule has 3 heterocycles. The quantitative estimate of drug-likeness (QED) is 0.213. The van der Waals surface area contributed by atoms with Crippen LogP contribution in [0.2, 0.25) is 0 Å². The Bertz CT molecular complexity index is 1760. The zero-order valence-electron chi connectivity index (χ0n) is 27.6. The van der Waals surface area contributed by atoms with E-state index >= 15 is 0 Å². The number of carbonyl (C=O) groups excluding carboxylic acids is 1. The Morgan fingerprint density at radius 2 is 1.79 bits per heavy atom. The van der Waals surface area contributed by atoms with Gasteiger partial charge in [0, 0.05) is 30.6 Å². The molecule has 2 saturated heterocycles. The molecule has 2 aromatic carbocycles. The fourth-order valence-electron chi connectivity index (χ4n) is 5.89. The molecular weight excluding hydrogens is 663 g/mol. The van der Waals surface area contributed by atoms with Gasteiger partial charge in [0.05, 0.1) is 47.7 Å². The summed E-state index contributed by atoms with van der Waals surface area (Å²) >= 11 is 0. The summed E-state index contributed by atoms with van der Waals surface area (Å²) in [6.07, 6.45) is -0.609. The number of aliphatic hydroxyl groups is 1. The lowest BCUT2D eigenvalue weighted by molar-refractivity contribution is -0.0907. The van der Waals surface area contributed by atoms with E-state index in [2.05, 4.69) is 10.0 Å². The molecule has 48 heavy (non-hydrogen) atoms. The fourth-order valence-corrected chi connectivity index (χ4v) is 8.23. The molecule has 13 nitrogen and oxygen atoms in total. The molecule has 0 spiro atoms. The van der Waals surface area contributed by atoms with Crippen LogP contribution < -0.4 is 10.0 Å². The molecular formula is C33H45N3O10S2. The van der Waals surface area contributed by atoms with Gasteiger partial charge in [-0.15, -0.1) is 0 Å². The van der Waals surface area contributed by atoms with Gasteiger partial charge in [-0.3, -0.25) is 0 Å². The van der Waals surface area contributed by atoms with Crippen molar-refractivity contribution in [3.8, 4) is 0 Å². The van der Waals surface area contributed by atoms with Crippen molar-refractivity contribution in [2.45, 2.75) is 81.8 Å². The van der Waals surface area contributed by atoms with Gasteiger partial charge >= 0.3 is 6.09 Å². The first-order valence-corrected chi connectivity index (χ1v) is 19.1. The first kappa shape index (κ1) is 36.2. The zero-order valence-corrected chi connectivity index (χ0v) is 29.2. The molecule has 2 aliphatic heterocycles. The van der Waals surface area contributed by atoms with Crippen LogP contribution in [0, 0.1) is 11.8 Å². The number of nitrogens with one attached hydrogen (secondary N) is 2. The molecule has 5 atom stereocenters. The van der Waals surface area contributed by atoms with E-state index in [0.717, 1.165) is 5.56 Å². The minimum absolute atomic E-state index is 0.0428. The molecule has 2 aliphatic rings. The summed E-state index contributed by atoms with van der Waals surface area (Å²) in [4.78, 5) is 13.1. The van der Waals surface area contributed by atoms with Crippen LogP contribution in [0.1, 0.15) is 45.2 Å². The molecule has 1 unspecified atom stereocenters. The highest BCUT2D eigenvalue weighted by molar-refractivity contribution is 7.90. The minimum Gasteiger partial charge on any atom is -0.464 e. The Morgan fingerprint density at radius 1 is 1.04 bits per heavy atom. The van der Waals surface area contributed by atoms with Crippen LogP contribution in [0.15, 0.2) is 64.1 Å². The first-order valence-electron chi connectivity index (χ1n) is 16.2. The van der Waals surface area contributed by atoms with E-state index < -0.39 is 55.9 Å². The number of aliphatic hydroxyl groups excluding tert-OH is 1. The van der Waals surface area contributed by atoms with E-state index in [0.29, 0.717) is 29.6 Å². The number of benzene rings is 2. The number of hydrogen-bond donors (Lipinski definition) is 3. The van der Waals surface area contributed by atoms with Gasteiger partial charge in [-0.1, -0.05) is 44.2 Å². The summed E-state index contributed by atoms with van der Waals surface area (Å²) in [5, 5.41) is 14.2. The number of rotatable bonds is 15. The van der Waals surface area contributed by atoms with E-state index in [1.54, 1.807) is 13.8 Å². The standard InChI is InChI=1S/C33H45N3O10S2/c1-21(2)17-36(48(41,42)25-10-11-30-27(15-25)24(19-44-30)16-34-47(39,40)22(3)4)18-29(37)28(14-23-8-6-5-7-9-23)35-33(38)46-31-20-45-32-26(31)12-13-43-32/h5-11,15,19,21-22,26,28-29,31-32,34,37H,12-14,16-18,20H2,1-4H3,(H,35,38)/t26-,28-,29+,31?,32+/m0/s1. The lowest BCUT2D eigenvalue weighted by Gasteiger charge is -2.31. The second-order valence-electron chi connectivity index (χ2n) is 13.0. The third kappa shape index (κ3) is 8.56.